The third-order valence-electron chi connectivity index (χ3n) is 4.95. The van der Waals surface area contributed by atoms with E-state index < -0.39 is 16.1 Å². The first-order valence-electron chi connectivity index (χ1n) is 8.90. The van der Waals surface area contributed by atoms with Gasteiger partial charge < -0.3 is 5.32 Å². The number of amides is 1. The second-order valence-corrected chi connectivity index (χ2v) is 10.4. The van der Waals surface area contributed by atoms with Crippen molar-refractivity contribution in [3.63, 3.8) is 0 Å². The number of hydrogen-bond donors (Lipinski definition) is 1. The fraction of sp³-hybridized carbons (Fsp3) is 0.250. The van der Waals surface area contributed by atoms with Crippen LogP contribution in [-0.4, -0.2) is 31.2 Å². The van der Waals surface area contributed by atoms with E-state index in [1.165, 1.54) is 15.6 Å². The molecule has 0 aliphatic carbocycles. The molecule has 0 radical (unpaired) electrons. The van der Waals surface area contributed by atoms with Gasteiger partial charge in [-0.2, -0.15) is 4.31 Å². The molecule has 28 heavy (non-hydrogen) atoms. The monoisotopic (exact) mass is 434 g/mol. The van der Waals surface area contributed by atoms with Gasteiger partial charge in [-0.15, -0.1) is 11.3 Å². The molecular formula is C20H19ClN2O3S2. The van der Waals surface area contributed by atoms with E-state index >= 15 is 0 Å². The van der Waals surface area contributed by atoms with E-state index in [1.807, 2.05) is 36.4 Å². The van der Waals surface area contributed by atoms with Crippen LogP contribution in [0.3, 0.4) is 0 Å². The molecule has 1 N–H and O–H groups in total. The van der Waals surface area contributed by atoms with Gasteiger partial charge in [-0.05, 0) is 48.1 Å². The molecule has 146 valence electrons. The van der Waals surface area contributed by atoms with Crippen molar-refractivity contribution in [2.75, 3.05) is 6.54 Å². The third kappa shape index (κ3) is 3.43. The molecule has 0 bridgehead atoms. The Hall–Kier alpha value is -1.93. The summed E-state index contributed by atoms with van der Waals surface area (Å²) in [6.45, 7) is 2.42. The summed E-state index contributed by atoms with van der Waals surface area (Å²) >= 11 is 7.32. The van der Waals surface area contributed by atoms with Gasteiger partial charge >= 0.3 is 0 Å². The van der Waals surface area contributed by atoms with E-state index in [1.54, 1.807) is 19.1 Å². The Morgan fingerprint density at radius 3 is 2.64 bits per heavy atom. The number of aryl methyl sites for hydroxylation is 1. The summed E-state index contributed by atoms with van der Waals surface area (Å²) in [5.41, 5.74) is 1.51. The molecule has 3 aromatic rings. The Labute approximate surface area is 173 Å². The highest BCUT2D eigenvalue weighted by atomic mass is 35.5. The fourth-order valence-corrected chi connectivity index (χ4v) is 7.14. The van der Waals surface area contributed by atoms with Crippen LogP contribution in [0.15, 0.2) is 52.7 Å². The van der Waals surface area contributed by atoms with Crippen LogP contribution < -0.4 is 5.32 Å². The normalized spacial score (nSPS) is 17.4. The van der Waals surface area contributed by atoms with Crippen LogP contribution in [-0.2, 0) is 21.4 Å². The summed E-state index contributed by atoms with van der Waals surface area (Å²) < 4.78 is 29.8. The average molecular weight is 435 g/mol. The van der Waals surface area contributed by atoms with Crippen molar-refractivity contribution in [2.24, 2.45) is 0 Å². The summed E-state index contributed by atoms with van der Waals surface area (Å²) in [5, 5.41) is 4.14. The average Bonchev–Trinajstić information content (AvgIpc) is 3.24. The van der Waals surface area contributed by atoms with Crippen molar-refractivity contribution in [3.05, 3.63) is 64.7 Å². The van der Waals surface area contributed by atoms with Gasteiger partial charge in [0.2, 0.25) is 5.91 Å². The van der Waals surface area contributed by atoms with Crippen molar-refractivity contribution in [1.82, 2.24) is 9.62 Å². The standard InChI is InChI=1S/C20H19ClN2O3S2/c1-13-16-11-15(21)7-8-18(16)27-20(13)28(25,26)23(17-9-10-22-19(17)24)12-14-5-3-2-4-6-14/h2-8,11,17H,9-10,12H2,1H3,(H,22,24)/t17-/m0/s1. The Kier molecular flexibility index (Phi) is 5.18. The second-order valence-electron chi connectivity index (χ2n) is 6.79. The summed E-state index contributed by atoms with van der Waals surface area (Å²) in [6.07, 6.45) is 0.459. The van der Waals surface area contributed by atoms with Crippen LogP contribution in [0.5, 0.6) is 0 Å². The second kappa shape index (κ2) is 7.48. The van der Waals surface area contributed by atoms with Crippen molar-refractivity contribution in [1.29, 1.82) is 0 Å². The molecular weight excluding hydrogens is 416 g/mol. The molecule has 8 heteroatoms. The highest BCUT2D eigenvalue weighted by molar-refractivity contribution is 7.91. The Bertz CT molecular complexity index is 1140. The lowest BCUT2D eigenvalue weighted by Gasteiger charge is -2.26. The highest BCUT2D eigenvalue weighted by Crippen LogP contribution is 2.38. The number of rotatable bonds is 5. The zero-order valence-electron chi connectivity index (χ0n) is 15.2. The van der Waals surface area contributed by atoms with Crippen LogP contribution in [0.4, 0.5) is 0 Å². The molecule has 1 atom stereocenters. The topological polar surface area (TPSA) is 66.5 Å². The summed E-state index contributed by atoms with van der Waals surface area (Å²) in [4.78, 5) is 12.4. The number of carbonyl (C=O) groups excluding carboxylic acids is 1. The van der Waals surface area contributed by atoms with Gasteiger partial charge in [-0.3, -0.25) is 4.79 Å². The molecule has 1 fully saturated rings. The molecule has 1 aliphatic rings. The van der Waals surface area contributed by atoms with Gasteiger partial charge in [-0.25, -0.2) is 8.42 Å². The minimum Gasteiger partial charge on any atom is -0.355 e. The lowest BCUT2D eigenvalue weighted by Crippen LogP contribution is -2.43. The first-order chi connectivity index (χ1) is 13.4. The number of thiophene rings is 1. The van der Waals surface area contributed by atoms with Crippen LogP contribution in [0.25, 0.3) is 10.1 Å². The molecule has 1 amide bonds. The van der Waals surface area contributed by atoms with E-state index in [0.29, 0.717) is 23.6 Å². The van der Waals surface area contributed by atoms with Crippen molar-refractivity contribution in [3.8, 4) is 0 Å². The number of hydrogen-bond acceptors (Lipinski definition) is 4. The summed E-state index contributed by atoms with van der Waals surface area (Å²) in [7, 11) is -3.87. The van der Waals surface area contributed by atoms with E-state index in [2.05, 4.69) is 5.32 Å². The van der Waals surface area contributed by atoms with Crippen LogP contribution in [0.1, 0.15) is 17.5 Å². The fourth-order valence-electron chi connectivity index (χ4n) is 3.51. The lowest BCUT2D eigenvalue weighted by atomic mass is 10.2. The lowest BCUT2D eigenvalue weighted by molar-refractivity contribution is -0.122. The molecule has 5 nitrogen and oxygen atoms in total. The van der Waals surface area contributed by atoms with Gasteiger partial charge in [0.1, 0.15) is 10.3 Å². The molecule has 1 aliphatic heterocycles. The highest BCUT2D eigenvalue weighted by Gasteiger charge is 2.40. The van der Waals surface area contributed by atoms with Crippen molar-refractivity contribution in [2.45, 2.75) is 30.1 Å². The zero-order chi connectivity index (χ0) is 19.9. The minimum absolute atomic E-state index is 0.149. The SMILES string of the molecule is Cc1c(S(=O)(=O)N(Cc2ccccc2)[C@H]2CCNC2=O)sc2ccc(Cl)cc12. The molecule has 2 aromatic carbocycles. The number of nitrogens with zero attached hydrogens (tertiary/aromatic N) is 1. The van der Waals surface area contributed by atoms with Gasteiger partial charge in [0, 0.05) is 22.8 Å². The Morgan fingerprint density at radius 2 is 1.96 bits per heavy atom. The largest absolute Gasteiger partial charge is 0.355 e. The maximum absolute atomic E-state index is 13.7. The van der Waals surface area contributed by atoms with Crippen LogP contribution in [0.2, 0.25) is 5.02 Å². The van der Waals surface area contributed by atoms with E-state index in [-0.39, 0.29) is 16.7 Å². The Balaban J connectivity index is 1.82. The summed E-state index contributed by atoms with van der Waals surface area (Å²) in [6, 6.07) is 14.0. The number of fused-ring (bicyclic) bond motifs is 1. The molecule has 1 saturated heterocycles. The smallest absolute Gasteiger partial charge is 0.253 e. The van der Waals surface area contributed by atoms with Gasteiger partial charge in [0.05, 0.1) is 0 Å². The molecule has 0 saturated carbocycles. The predicted molar refractivity (Wildman–Crippen MR) is 112 cm³/mol. The quantitative estimate of drug-likeness (QED) is 0.661. The predicted octanol–water partition coefficient (Wildman–Crippen LogP) is 3.94. The number of nitrogens with one attached hydrogen (secondary N) is 1. The molecule has 0 unspecified atom stereocenters. The first-order valence-corrected chi connectivity index (χ1v) is 11.5. The number of benzene rings is 2. The number of sulfonamides is 1. The Morgan fingerprint density at radius 1 is 1.21 bits per heavy atom. The molecule has 0 spiro atoms. The molecule has 2 heterocycles. The van der Waals surface area contributed by atoms with E-state index in [0.717, 1.165) is 15.6 Å². The molecule has 1 aromatic heterocycles. The number of halogens is 1. The third-order valence-corrected chi connectivity index (χ3v) is 8.91. The molecule has 4 rings (SSSR count). The first kappa shape index (κ1) is 19.4. The van der Waals surface area contributed by atoms with Gasteiger partial charge in [-0.1, -0.05) is 41.9 Å². The van der Waals surface area contributed by atoms with Crippen LogP contribution in [0, 0.1) is 6.92 Å². The van der Waals surface area contributed by atoms with Crippen LogP contribution >= 0.6 is 22.9 Å². The van der Waals surface area contributed by atoms with Gasteiger partial charge in [0.25, 0.3) is 10.0 Å². The maximum atomic E-state index is 13.7. The van der Waals surface area contributed by atoms with E-state index in [9.17, 15) is 13.2 Å². The van der Waals surface area contributed by atoms with E-state index in [4.69, 9.17) is 11.6 Å². The summed E-state index contributed by atoms with van der Waals surface area (Å²) in [5.74, 6) is -0.249. The van der Waals surface area contributed by atoms with Crippen molar-refractivity contribution < 1.29 is 13.2 Å². The minimum atomic E-state index is -3.87. The van der Waals surface area contributed by atoms with Crippen molar-refractivity contribution >= 4 is 49.0 Å². The van der Waals surface area contributed by atoms with Gasteiger partial charge in [0.15, 0.2) is 0 Å². The maximum Gasteiger partial charge on any atom is 0.253 e. The zero-order valence-corrected chi connectivity index (χ0v) is 17.6. The number of carbonyl (C=O) groups is 1.